The maximum atomic E-state index is 12.1. The molecular formula is C14H22N2OS. The van der Waals surface area contributed by atoms with Gasteiger partial charge in [0.25, 0.3) is 0 Å². The van der Waals surface area contributed by atoms with Crippen molar-refractivity contribution in [1.29, 1.82) is 0 Å². The summed E-state index contributed by atoms with van der Waals surface area (Å²) in [6.07, 6.45) is 2.45. The third-order valence-electron chi connectivity index (χ3n) is 3.63. The largest absolute Gasteiger partial charge is 0.340 e. The van der Waals surface area contributed by atoms with E-state index in [0.29, 0.717) is 6.54 Å². The summed E-state index contributed by atoms with van der Waals surface area (Å²) in [5.74, 6) is 1.05. The fraction of sp³-hybridized carbons (Fsp3) is 0.643. The minimum atomic E-state index is 0.234. The summed E-state index contributed by atoms with van der Waals surface area (Å²) >= 11 is 1.71. The number of thiophene rings is 1. The van der Waals surface area contributed by atoms with Crippen LogP contribution in [0.25, 0.3) is 0 Å². The number of hydrogen-bond acceptors (Lipinski definition) is 3. The minimum Gasteiger partial charge on any atom is -0.340 e. The van der Waals surface area contributed by atoms with Gasteiger partial charge in [-0.3, -0.25) is 9.69 Å². The topological polar surface area (TPSA) is 23.6 Å². The summed E-state index contributed by atoms with van der Waals surface area (Å²) in [7, 11) is 1.90. The lowest BCUT2D eigenvalue weighted by Gasteiger charge is -2.30. The normalized spacial score (nSPS) is 17.9. The van der Waals surface area contributed by atoms with Crippen LogP contribution in [0.5, 0.6) is 0 Å². The number of rotatable bonds is 4. The zero-order valence-electron chi connectivity index (χ0n) is 11.3. The number of piperidine rings is 1. The Morgan fingerprint density at radius 2 is 2.22 bits per heavy atom. The van der Waals surface area contributed by atoms with Crippen molar-refractivity contribution >= 4 is 17.2 Å². The van der Waals surface area contributed by atoms with Crippen LogP contribution in [0.15, 0.2) is 17.5 Å². The molecule has 0 spiro atoms. The molecule has 0 N–H and O–H groups in total. The standard InChI is InChI=1S/C14H22N2OS/c1-12-5-7-16(8-6-12)11-14(17)15(2)10-13-4-3-9-18-13/h3-4,9,12H,5-8,10-11H2,1-2H3. The molecule has 3 nitrogen and oxygen atoms in total. The van der Waals surface area contributed by atoms with E-state index in [4.69, 9.17) is 0 Å². The van der Waals surface area contributed by atoms with Crippen LogP contribution in [-0.4, -0.2) is 42.4 Å². The molecule has 1 saturated heterocycles. The Balaban J connectivity index is 1.77. The van der Waals surface area contributed by atoms with Gasteiger partial charge >= 0.3 is 0 Å². The Morgan fingerprint density at radius 3 is 2.83 bits per heavy atom. The van der Waals surface area contributed by atoms with Crippen LogP contribution in [0.4, 0.5) is 0 Å². The van der Waals surface area contributed by atoms with Gasteiger partial charge in [0.1, 0.15) is 0 Å². The second-order valence-corrected chi connectivity index (χ2v) is 6.32. The molecule has 1 amide bonds. The molecule has 1 aromatic rings. The van der Waals surface area contributed by atoms with Gasteiger partial charge < -0.3 is 4.90 Å². The number of carbonyl (C=O) groups is 1. The van der Waals surface area contributed by atoms with E-state index in [2.05, 4.69) is 23.3 Å². The highest BCUT2D eigenvalue weighted by Gasteiger charge is 2.19. The molecule has 0 atom stereocenters. The number of nitrogens with zero attached hydrogens (tertiary/aromatic N) is 2. The van der Waals surface area contributed by atoms with Gasteiger partial charge in [-0.2, -0.15) is 0 Å². The van der Waals surface area contributed by atoms with Gasteiger partial charge in [-0.1, -0.05) is 13.0 Å². The van der Waals surface area contributed by atoms with Crippen LogP contribution in [0.1, 0.15) is 24.6 Å². The summed E-state index contributed by atoms with van der Waals surface area (Å²) in [6.45, 7) is 5.75. The monoisotopic (exact) mass is 266 g/mol. The molecule has 18 heavy (non-hydrogen) atoms. The van der Waals surface area contributed by atoms with Gasteiger partial charge in [0.15, 0.2) is 0 Å². The molecule has 0 radical (unpaired) electrons. The van der Waals surface area contributed by atoms with Crippen LogP contribution >= 0.6 is 11.3 Å². The van der Waals surface area contributed by atoms with E-state index in [-0.39, 0.29) is 5.91 Å². The summed E-state index contributed by atoms with van der Waals surface area (Å²) < 4.78 is 0. The lowest BCUT2D eigenvalue weighted by molar-refractivity contribution is -0.131. The van der Waals surface area contributed by atoms with Gasteiger partial charge in [-0.05, 0) is 43.3 Å². The molecular weight excluding hydrogens is 244 g/mol. The van der Waals surface area contributed by atoms with Crippen molar-refractivity contribution in [2.45, 2.75) is 26.3 Å². The molecule has 0 bridgehead atoms. The first kappa shape index (κ1) is 13.6. The third-order valence-corrected chi connectivity index (χ3v) is 4.50. The zero-order valence-corrected chi connectivity index (χ0v) is 12.1. The molecule has 0 aliphatic carbocycles. The first-order chi connectivity index (χ1) is 8.65. The molecule has 0 unspecified atom stereocenters. The molecule has 2 rings (SSSR count). The van der Waals surface area contributed by atoms with E-state index in [1.807, 2.05) is 18.0 Å². The van der Waals surface area contributed by atoms with Crippen molar-refractivity contribution in [3.63, 3.8) is 0 Å². The Labute approximate surface area is 113 Å². The Morgan fingerprint density at radius 1 is 1.50 bits per heavy atom. The molecule has 0 aromatic carbocycles. The highest BCUT2D eigenvalue weighted by molar-refractivity contribution is 7.09. The summed E-state index contributed by atoms with van der Waals surface area (Å²) in [4.78, 5) is 17.5. The predicted molar refractivity (Wildman–Crippen MR) is 75.6 cm³/mol. The molecule has 1 aliphatic rings. The predicted octanol–water partition coefficient (Wildman–Crippen LogP) is 2.44. The highest BCUT2D eigenvalue weighted by atomic mass is 32.1. The second-order valence-electron chi connectivity index (χ2n) is 5.29. The minimum absolute atomic E-state index is 0.234. The van der Waals surface area contributed by atoms with Crippen molar-refractivity contribution in [2.75, 3.05) is 26.7 Å². The van der Waals surface area contributed by atoms with E-state index in [1.165, 1.54) is 17.7 Å². The van der Waals surface area contributed by atoms with Crippen molar-refractivity contribution < 1.29 is 4.79 Å². The molecule has 1 aromatic heterocycles. The Kier molecular flexibility index (Phi) is 4.78. The SMILES string of the molecule is CC1CCN(CC(=O)N(C)Cc2cccs2)CC1. The quantitative estimate of drug-likeness (QED) is 0.835. The number of hydrogen-bond donors (Lipinski definition) is 0. The smallest absolute Gasteiger partial charge is 0.236 e. The fourth-order valence-corrected chi connectivity index (χ4v) is 3.01. The number of likely N-dealkylation sites (N-methyl/N-ethyl adjacent to an activating group) is 1. The summed E-state index contributed by atoms with van der Waals surface area (Å²) in [5, 5.41) is 2.06. The summed E-state index contributed by atoms with van der Waals surface area (Å²) in [6, 6.07) is 4.11. The van der Waals surface area contributed by atoms with Gasteiger partial charge in [0.2, 0.25) is 5.91 Å². The number of likely N-dealkylation sites (tertiary alicyclic amines) is 1. The maximum absolute atomic E-state index is 12.1. The number of carbonyl (C=O) groups excluding carboxylic acids is 1. The van der Waals surface area contributed by atoms with Gasteiger partial charge in [0.05, 0.1) is 13.1 Å². The van der Waals surface area contributed by atoms with E-state index in [1.54, 1.807) is 11.3 Å². The van der Waals surface area contributed by atoms with Crippen LogP contribution in [0.3, 0.4) is 0 Å². The molecule has 1 aliphatic heterocycles. The highest BCUT2D eigenvalue weighted by Crippen LogP contribution is 2.16. The lowest BCUT2D eigenvalue weighted by Crippen LogP contribution is -2.41. The van der Waals surface area contributed by atoms with Crippen LogP contribution in [0.2, 0.25) is 0 Å². The fourth-order valence-electron chi connectivity index (χ4n) is 2.26. The third kappa shape index (κ3) is 3.82. The first-order valence-corrected chi connectivity index (χ1v) is 7.52. The average molecular weight is 266 g/mol. The van der Waals surface area contributed by atoms with Crippen molar-refractivity contribution in [3.05, 3.63) is 22.4 Å². The number of amides is 1. The van der Waals surface area contributed by atoms with E-state index in [9.17, 15) is 4.79 Å². The first-order valence-electron chi connectivity index (χ1n) is 6.64. The molecule has 0 saturated carbocycles. The summed E-state index contributed by atoms with van der Waals surface area (Å²) in [5.41, 5.74) is 0. The van der Waals surface area contributed by atoms with Crippen molar-refractivity contribution in [1.82, 2.24) is 9.80 Å². The Hall–Kier alpha value is -0.870. The van der Waals surface area contributed by atoms with Gasteiger partial charge in [-0.15, -0.1) is 11.3 Å². The second kappa shape index (κ2) is 6.34. The van der Waals surface area contributed by atoms with Crippen LogP contribution < -0.4 is 0 Å². The van der Waals surface area contributed by atoms with Gasteiger partial charge in [0, 0.05) is 11.9 Å². The lowest BCUT2D eigenvalue weighted by atomic mass is 9.99. The van der Waals surface area contributed by atoms with Crippen molar-refractivity contribution in [3.8, 4) is 0 Å². The molecule has 100 valence electrons. The van der Waals surface area contributed by atoms with E-state index < -0.39 is 0 Å². The van der Waals surface area contributed by atoms with Crippen molar-refractivity contribution in [2.24, 2.45) is 5.92 Å². The van der Waals surface area contributed by atoms with E-state index >= 15 is 0 Å². The van der Waals surface area contributed by atoms with Gasteiger partial charge in [-0.25, -0.2) is 0 Å². The molecule has 4 heteroatoms. The molecule has 1 fully saturated rings. The maximum Gasteiger partial charge on any atom is 0.236 e. The van der Waals surface area contributed by atoms with Crippen LogP contribution in [-0.2, 0) is 11.3 Å². The Bertz CT molecular complexity index is 369. The van der Waals surface area contributed by atoms with E-state index in [0.717, 1.165) is 25.6 Å². The van der Waals surface area contributed by atoms with Crippen LogP contribution in [0, 0.1) is 5.92 Å². The average Bonchev–Trinajstić information content (AvgIpc) is 2.85. The zero-order chi connectivity index (χ0) is 13.0. The molecule has 2 heterocycles.